The van der Waals surface area contributed by atoms with E-state index in [1.165, 1.54) is 0 Å². The van der Waals surface area contributed by atoms with Crippen molar-refractivity contribution in [3.05, 3.63) is 59.2 Å². The number of hydrogen-bond donors (Lipinski definition) is 1. The molecule has 1 atom stereocenters. The molecule has 27 heavy (non-hydrogen) atoms. The number of nitrogens with zero attached hydrogens (tertiary/aromatic N) is 1. The summed E-state index contributed by atoms with van der Waals surface area (Å²) >= 11 is 0. The summed E-state index contributed by atoms with van der Waals surface area (Å²) in [5.41, 5.74) is 2.81. The van der Waals surface area contributed by atoms with Crippen LogP contribution in [-0.4, -0.2) is 32.3 Å². The van der Waals surface area contributed by atoms with Crippen LogP contribution in [0.2, 0.25) is 0 Å². The van der Waals surface area contributed by atoms with Crippen LogP contribution >= 0.6 is 0 Å². The van der Waals surface area contributed by atoms with Gasteiger partial charge in [-0.15, -0.1) is 0 Å². The van der Waals surface area contributed by atoms with Crippen LogP contribution in [0.4, 0.5) is 5.69 Å². The van der Waals surface area contributed by atoms with Gasteiger partial charge >= 0.3 is 0 Å². The Kier molecular flexibility index (Phi) is 5.56. The zero-order chi connectivity index (χ0) is 19.6. The molecule has 2 aromatic carbocycles. The first-order chi connectivity index (χ1) is 12.8. The molecule has 1 aliphatic heterocycles. The lowest BCUT2D eigenvalue weighted by Gasteiger charge is -2.31. The van der Waals surface area contributed by atoms with Gasteiger partial charge in [-0.25, -0.2) is 8.42 Å². The molecule has 0 unspecified atom stereocenters. The van der Waals surface area contributed by atoms with E-state index in [1.807, 2.05) is 18.7 Å². The van der Waals surface area contributed by atoms with Crippen molar-refractivity contribution in [2.24, 2.45) is 5.92 Å². The fourth-order valence-electron chi connectivity index (χ4n) is 3.39. The Bertz CT molecular complexity index is 936. The van der Waals surface area contributed by atoms with E-state index in [2.05, 4.69) is 11.6 Å². The Morgan fingerprint density at radius 1 is 1.11 bits per heavy atom. The van der Waals surface area contributed by atoms with E-state index >= 15 is 0 Å². The van der Waals surface area contributed by atoms with Crippen molar-refractivity contribution in [1.82, 2.24) is 4.90 Å². The fourth-order valence-corrected chi connectivity index (χ4v) is 4.52. The van der Waals surface area contributed by atoms with Crippen molar-refractivity contribution in [1.29, 1.82) is 0 Å². The number of nitrogens with one attached hydrogen (secondary N) is 1. The van der Waals surface area contributed by atoms with E-state index in [-0.39, 0.29) is 10.8 Å². The monoisotopic (exact) mass is 386 g/mol. The number of likely N-dealkylation sites (tertiary alicyclic amines) is 1. The summed E-state index contributed by atoms with van der Waals surface area (Å²) < 4.78 is 27.8. The number of piperidine rings is 1. The first kappa shape index (κ1) is 19.4. The van der Waals surface area contributed by atoms with Crippen LogP contribution in [0.5, 0.6) is 0 Å². The van der Waals surface area contributed by atoms with Gasteiger partial charge < -0.3 is 4.90 Å². The SMILES string of the molecule is Cc1ccc(S(=O)(=O)Nc2ccc(C(=O)N3CCC[C@H](C)C3)cc2C)cc1. The molecule has 0 spiro atoms. The summed E-state index contributed by atoms with van der Waals surface area (Å²) in [5, 5.41) is 0. The van der Waals surface area contributed by atoms with E-state index in [0.717, 1.165) is 37.1 Å². The van der Waals surface area contributed by atoms with Gasteiger partial charge in [0.15, 0.2) is 0 Å². The number of benzene rings is 2. The van der Waals surface area contributed by atoms with Gasteiger partial charge in [0, 0.05) is 18.7 Å². The van der Waals surface area contributed by atoms with Crippen LogP contribution in [0.25, 0.3) is 0 Å². The molecular formula is C21H26N2O3S. The lowest BCUT2D eigenvalue weighted by Crippen LogP contribution is -2.39. The van der Waals surface area contributed by atoms with Gasteiger partial charge in [0.2, 0.25) is 0 Å². The van der Waals surface area contributed by atoms with Gasteiger partial charge in [0.05, 0.1) is 10.6 Å². The molecule has 1 amide bonds. The topological polar surface area (TPSA) is 66.5 Å². The van der Waals surface area contributed by atoms with Crippen molar-refractivity contribution in [2.75, 3.05) is 17.8 Å². The highest BCUT2D eigenvalue weighted by molar-refractivity contribution is 7.92. The summed E-state index contributed by atoms with van der Waals surface area (Å²) in [5.74, 6) is 0.530. The predicted octanol–water partition coefficient (Wildman–Crippen LogP) is 3.98. The largest absolute Gasteiger partial charge is 0.338 e. The normalized spacial score (nSPS) is 17.6. The van der Waals surface area contributed by atoms with Gasteiger partial charge in [-0.1, -0.05) is 24.6 Å². The molecule has 0 bridgehead atoms. The molecule has 1 aliphatic rings. The van der Waals surface area contributed by atoms with Gasteiger partial charge in [-0.05, 0) is 68.5 Å². The van der Waals surface area contributed by atoms with Gasteiger partial charge in [-0.3, -0.25) is 9.52 Å². The summed E-state index contributed by atoms with van der Waals surface area (Å²) in [6.45, 7) is 7.44. The summed E-state index contributed by atoms with van der Waals surface area (Å²) in [7, 11) is -3.66. The quantitative estimate of drug-likeness (QED) is 0.864. The highest BCUT2D eigenvalue weighted by Gasteiger charge is 2.23. The smallest absolute Gasteiger partial charge is 0.261 e. The van der Waals surface area contributed by atoms with Gasteiger partial charge in [0.1, 0.15) is 0 Å². The number of aryl methyl sites for hydroxylation is 2. The van der Waals surface area contributed by atoms with Gasteiger partial charge in [0.25, 0.3) is 15.9 Å². The molecule has 144 valence electrons. The van der Waals surface area contributed by atoms with Crippen LogP contribution in [-0.2, 0) is 10.0 Å². The number of sulfonamides is 1. The number of carbonyl (C=O) groups is 1. The first-order valence-corrected chi connectivity index (χ1v) is 10.7. The third-order valence-corrected chi connectivity index (χ3v) is 6.37. The van der Waals surface area contributed by atoms with Crippen molar-refractivity contribution in [3.63, 3.8) is 0 Å². The highest BCUT2D eigenvalue weighted by Crippen LogP contribution is 2.23. The molecule has 6 heteroatoms. The van der Waals surface area contributed by atoms with E-state index in [0.29, 0.717) is 17.2 Å². The molecule has 3 rings (SSSR count). The average molecular weight is 387 g/mol. The maximum Gasteiger partial charge on any atom is 0.261 e. The maximum atomic E-state index is 12.7. The molecule has 1 fully saturated rings. The van der Waals surface area contributed by atoms with Crippen molar-refractivity contribution in [2.45, 2.75) is 38.5 Å². The van der Waals surface area contributed by atoms with E-state index in [9.17, 15) is 13.2 Å². The number of anilines is 1. The predicted molar refractivity (Wildman–Crippen MR) is 107 cm³/mol. The molecular weight excluding hydrogens is 360 g/mol. The average Bonchev–Trinajstić information content (AvgIpc) is 2.63. The molecule has 5 nitrogen and oxygen atoms in total. The Balaban J connectivity index is 1.78. The third kappa shape index (κ3) is 4.50. The van der Waals surface area contributed by atoms with Crippen LogP contribution in [0, 0.1) is 19.8 Å². The van der Waals surface area contributed by atoms with E-state index in [4.69, 9.17) is 0 Å². The lowest BCUT2D eigenvalue weighted by atomic mass is 9.99. The van der Waals surface area contributed by atoms with Crippen molar-refractivity contribution in [3.8, 4) is 0 Å². The minimum Gasteiger partial charge on any atom is -0.338 e. The second-order valence-corrected chi connectivity index (χ2v) is 9.13. The van der Waals surface area contributed by atoms with Crippen LogP contribution in [0.3, 0.4) is 0 Å². The summed E-state index contributed by atoms with van der Waals surface area (Å²) in [4.78, 5) is 14.8. The van der Waals surface area contributed by atoms with Gasteiger partial charge in [-0.2, -0.15) is 0 Å². The number of hydrogen-bond acceptors (Lipinski definition) is 3. The van der Waals surface area contributed by atoms with Crippen LogP contribution < -0.4 is 4.72 Å². The summed E-state index contributed by atoms with van der Waals surface area (Å²) in [6.07, 6.45) is 2.18. The fraction of sp³-hybridized carbons (Fsp3) is 0.381. The standard InChI is InChI=1S/C21H26N2O3S/c1-15-6-9-19(10-7-15)27(25,26)22-20-11-8-18(13-17(20)3)21(24)23-12-4-5-16(2)14-23/h6-11,13,16,22H,4-5,12,14H2,1-3H3/t16-/m0/s1. The zero-order valence-electron chi connectivity index (χ0n) is 16.0. The molecule has 0 saturated carbocycles. The van der Waals surface area contributed by atoms with E-state index < -0.39 is 10.0 Å². The number of amides is 1. The summed E-state index contributed by atoms with van der Waals surface area (Å²) in [6, 6.07) is 11.8. The van der Waals surface area contributed by atoms with Crippen molar-refractivity contribution < 1.29 is 13.2 Å². The Labute approximate surface area is 161 Å². The zero-order valence-corrected chi connectivity index (χ0v) is 16.8. The Morgan fingerprint density at radius 3 is 2.44 bits per heavy atom. The third-order valence-electron chi connectivity index (χ3n) is 4.99. The molecule has 0 aliphatic carbocycles. The second kappa shape index (κ2) is 7.72. The molecule has 0 aromatic heterocycles. The maximum absolute atomic E-state index is 12.7. The van der Waals surface area contributed by atoms with Crippen LogP contribution in [0.1, 0.15) is 41.3 Å². The van der Waals surface area contributed by atoms with Crippen LogP contribution in [0.15, 0.2) is 47.4 Å². The number of carbonyl (C=O) groups excluding carboxylic acids is 1. The minimum absolute atomic E-state index is 0.0117. The first-order valence-electron chi connectivity index (χ1n) is 9.26. The Morgan fingerprint density at radius 2 is 1.81 bits per heavy atom. The lowest BCUT2D eigenvalue weighted by molar-refractivity contribution is 0.0683. The molecule has 1 saturated heterocycles. The molecule has 2 aromatic rings. The molecule has 0 radical (unpaired) electrons. The minimum atomic E-state index is -3.66. The molecule has 1 heterocycles. The second-order valence-electron chi connectivity index (χ2n) is 7.45. The van der Waals surface area contributed by atoms with Crippen molar-refractivity contribution >= 4 is 21.6 Å². The van der Waals surface area contributed by atoms with E-state index in [1.54, 1.807) is 42.5 Å². The number of rotatable bonds is 4. The molecule has 1 N–H and O–H groups in total. The Hall–Kier alpha value is -2.34. The highest BCUT2D eigenvalue weighted by atomic mass is 32.2.